The number of aryl methyl sites for hydroxylation is 2. The van der Waals surface area contributed by atoms with Gasteiger partial charge in [-0.2, -0.15) is 0 Å². The Bertz CT molecular complexity index is 1830. The number of fused-ring (bicyclic) bond motifs is 3. The van der Waals surface area contributed by atoms with E-state index in [-0.39, 0.29) is 29.6 Å². The molecule has 0 aliphatic rings. The molecule has 5 rings (SSSR count). The Hall–Kier alpha value is -4.53. The van der Waals surface area contributed by atoms with Gasteiger partial charge in [0.25, 0.3) is 0 Å². The van der Waals surface area contributed by atoms with Gasteiger partial charge in [-0.3, -0.25) is 4.79 Å². The molecule has 39 heavy (non-hydrogen) atoms. The highest BCUT2D eigenvalue weighted by molar-refractivity contribution is 6.00. The SMILES string of the molecule is Cc1c(CC(=O)NC(Cc2c[nH]c3ccc(O)cc23)C(=O)O)c(=O)oc2c(C)c3occ(C(C)(C)C)c3cc12. The van der Waals surface area contributed by atoms with Gasteiger partial charge in [0, 0.05) is 45.4 Å². The molecule has 9 heteroatoms. The van der Waals surface area contributed by atoms with E-state index in [0.29, 0.717) is 38.6 Å². The Morgan fingerprint density at radius 3 is 2.49 bits per heavy atom. The summed E-state index contributed by atoms with van der Waals surface area (Å²) in [5.41, 5.74) is 4.06. The lowest BCUT2D eigenvalue weighted by Crippen LogP contribution is -2.43. The van der Waals surface area contributed by atoms with Gasteiger partial charge < -0.3 is 29.3 Å². The number of carbonyl (C=O) groups excluding carboxylic acids is 1. The Morgan fingerprint density at radius 2 is 1.79 bits per heavy atom. The molecule has 0 saturated heterocycles. The normalized spacial score (nSPS) is 12.8. The Morgan fingerprint density at radius 1 is 1.05 bits per heavy atom. The van der Waals surface area contributed by atoms with Gasteiger partial charge in [0.2, 0.25) is 5.91 Å². The lowest BCUT2D eigenvalue weighted by atomic mass is 9.86. The Kier molecular flexibility index (Phi) is 6.25. The number of hydrogen-bond donors (Lipinski definition) is 4. The van der Waals surface area contributed by atoms with Crippen molar-refractivity contribution in [2.45, 2.75) is 58.9 Å². The summed E-state index contributed by atoms with van der Waals surface area (Å²) in [6.07, 6.45) is 3.03. The van der Waals surface area contributed by atoms with Crippen LogP contribution in [-0.2, 0) is 27.8 Å². The molecule has 1 unspecified atom stereocenters. The maximum Gasteiger partial charge on any atom is 0.340 e. The van der Waals surface area contributed by atoms with Gasteiger partial charge in [-0.1, -0.05) is 20.8 Å². The summed E-state index contributed by atoms with van der Waals surface area (Å²) in [7, 11) is 0. The second-order valence-electron chi connectivity index (χ2n) is 11.0. The number of aromatic nitrogens is 1. The number of nitrogens with one attached hydrogen (secondary N) is 2. The molecule has 0 spiro atoms. The molecule has 0 saturated carbocycles. The van der Waals surface area contributed by atoms with E-state index in [0.717, 1.165) is 16.5 Å². The molecule has 0 radical (unpaired) electrons. The molecule has 0 aliphatic heterocycles. The lowest BCUT2D eigenvalue weighted by molar-refractivity contribution is -0.141. The van der Waals surface area contributed by atoms with Crippen molar-refractivity contribution >= 4 is 44.7 Å². The van der Waals surface area contributed by atoms with E-state index in [4.69, 9.17) is 8.83 Å². The zero-order valence-corrected chi connectivity index (χ0v) is 22.4. The van der Waals surface area contributed by atoms with Crippen LogP contribution in [0, 0.1) is 13.8 Å². The minimum atomic E-state index is -1.24. The van der Waals surface area contributed by atoms with Crippen LogP contribution in [-0.4, -0.2) is 33.1 Å². The molecule has 3 aromatic heterocycles. The van der Waals surface area contributed by atoms with Crippen molar-refractivity contribution in [3.8, 4) is 5.75 Å². The number of furan rings is 1. The quantitative estimate of drug-likeness (QED) is 0.226. The van der Waals surface area contributed by atoms with E-state index < -0.39 is 23.5 Å². The van der Waals surface area contributed by atoms with Crippen LogP contribution in [0.25, 0.3) is 32.8 Å². The number of H-pyrrole nitrogens is 1. The van der Waals surface area contributed by atoms with E-state index in [1.807, 2.05) is 13.0 Å². The number of aromatic hydroxyl groups is 1. The fraction of sp³-hybridized carbons (Fsp3) is 0.300. The van der Waals surface area contributed by atoms with Gasteiger partial charge >= 0.3 is 11.6 Å². The van der Waals surface area contributed by atoms with Crippen LogP contribution in [0.2, 0.25) is 0 Å². The summed E-state index contributed by atoms with van der Waals surface area (Å²) < 4.78 is 11.5. The van der Waals surface area contributed by atoms with Crippen LogP contribution in [0.4, 0.5) is 0 Å². The molecule has 1 atom stereocenters. The van der Waals surface area contributed by atoms with Crippen LogP contribution >= 0.6 is 0 Å². The summed E-state index contributed by atoms with van der Waals surface area (Å²) in [5, 5.41) is 24.4. The molecule has 202 valence electrons. The smallest absolute Gasteiger partial charge is 0.340 e. The van der Waals surface area contributed by atoms with Gasteiger partial charge in [0.1, 0.15) is 23.0 Å². The maximum absolute atomic E-state index is 13.0. The molecular formula is C30H30N2O7. The average Bonchev–Trinajstić information content (AvgIpc) is 3.46. The number of rotatable bonds is 6. The fourth-order valence-corrected chi connectivity index (χ4v) is 5.14. The number of amides is 1. The highest BCUT2D eigenvalue weighted by atomic mass is 16.4. The van der Waals surface area contributed by atoms with Gasteiger partial charge in [0.05, 0.1) is 18.2 Å². The molecule has 0 fully saturated rings. The first-order chi connectivity index (χ1) is 18.3. The summed E-state index contributed by atoms with van der Waals surface area (Å²) in [6, 6.07) is 5.44. The van der Waals surface area contributed by atoms with E-state index in [1.165, 1.54) is 12.1 Å². The standard InChI is InChI=1S/C30H30N2O7/c1-14-18-10-21-22(30(3,4)5)13-38-26(21)15(2)27(18)39-29(37)19(14)11-25(34)32-24(28(35)36)8-16-12-31-23-7-6-17(33)9-20(16)23/h6-7,9-10,12-13,24,31,33H,8,11H2,1-5H3,(H,32,34)(H,35,36). The van der Waals surface area contributed by atoms with Crippen molar-refractivity contribution in [1.82, 2.24) is 10.3 Å². The summed E-state index contributed by atoms with van der Waals surface area (Å²) in [5.74, 6) is -1.78. The van der Waals surface area contributed by atoms with Crippen LogP contribution in [0.3, 0.4) is 0 Å². The number of benzene rings is 2. The van der Waals surface area contributed by atoms with Gasteiger partial charge in [-0.15, -0.1) is 0 Å². The largest absolute Gasteiger partial charge is 0.508 e. The van der Waals surface area contributed by atoms with Gasteiger partial charge in [-0.25, -0.2) is 9.59 Å². The number of hydrogen-bond acceptors (Lipinski definition) is 6. The van der Waals surface area contributed by atoms with Crippen molar-refractivity contribution in [2.75, 3.05) is 0 Å². The monoisotopic (exact) mass is 530 g/mol. The molecule has 2 aromatic carbocycles. The first-order valence-electron chi connectivity index (χ1n) is 12.6. The fourth-order valence-electron chi connectivity index (χ4n) is 5.14. The lowest BCUT2D eigenvalue weighted by Gasteiger charge is -2.17. The number of phenols is 1. The second-order valence-corrected chi connectivity index (χ2v) is 11.0. The minimum absolute atomic E-state index is 0.0108. The highest BCUT2D eigenvalue weighted by Gasteiger charge is 2.26. The van der Waals surface area contributed by atoms with Crippen molar-refractivity contribution < 1.29 is 28.6 Å². The number of phenolic OH excluding ortho intramolecular Hbond substituents is 1. The van der Waals surface area contributed by atoms with Crippen LogP contribution in [0.1, 0.15) is 48.6 Å². The molecule has 0 aliphatic carbocycles. The van der Waals surface area contributed by atoms with Crippen molar-refractivity contribution in [1.29, 1.82) is 0 Å². The average molecular weight is 531 g/mol. The van der Waals surface area contributed by atoms with E-state index in [2.05, 4.69) is 31.1 Å². The zero-order chi connectivity index (χ0) is 28.2. The minimum Gasteiger partial charge on any atom is -0.508 e. The predicted octanol–water partition coefficient (Wildman–Crippen LogP) is 5.00. The van der Waals surface area contributed by atoms with E-state index >= 15 is 0 Å². The zero-order valence-electron chi connectivity index (χ0n) is 22.4. The molecule has 5 aromatic rings. The van der Waals surface area contributed by atoms with Crippen LogP contribution < -0.4 is 10.9 Å². The summed E-state index contributed by atoms with van der Waals surface area (Å²) >= 11 is 0. The van der Waals surface area contributed by atoms with Crippen molar-refractivity contribution in [3.63, 3.8) is 0 Å². The second kappa shape index (κ2) is 9.34. The number of aromatic amines is 1. The first kappa shape index (κ1) is 26.1. The van der Waals surface area contributed by atoms with Crippen molar-refractivity contribution in [2.24, 2.45) is 0 Å². The molecule has 9 nitrogen and oxygen atoms in total. The molecule has 3 heterocycles. The van der Waals surface area contributed by atoms with Gasteiger partial charge in [0.15, 0.2) is 0 Å². The van der Waals surface area contributed by atoms with Crippen LogP contribution in [0.15, 0.2) is 50.4 Å². The summed E-state index contributed by atoms with van der Waals surface area (Å²) in [4.78, 5) is 41.0. The van der Waals surface area contributed by atoms with E-state index in [1.54, 1.807) is 25.5 Å². The molecule has 4 N–H and O–H groups in total. The number of carbonyl (C=O) groups is 2. The number of aliphatic carboxylic acids is 1. The molecule has 1 amide bonds. The number of carboxylic acids is 1. The van der Waals surface area contributed by atoms with Gasteiger partial charge in [-0.05, 0) is 54.7 Å². The highest BCUT2D eigenvalue weighted by Crippen LogP contribution is 2.37. The molecule has 0 bridgehead atoms. The third kappa shape index (κ3) is 4.65. The topological polar surface area (TPSA) is 146 Å². The Balaban J connectivity index is 1.46. The third-order valence-corrected chi connectivity index (χ3v) is 7.30. The third-order valence-electron chi connectivity index (χ3n) is 7.30. The van der Waals surface area contributed by atoms with Crippen molar-refractivity contribution in [3.05, 3.63) is 75.0 Å². The Labute approximate surface area is 223 Å². The summed E-state index contributed by atoms with van der Waals surface area (Å²) in [6.45, 7) is 9.85. The predicted molar refractivity (Wildman–Crippen MR) is 147 cm³/mol. The van der Waals surface area contributed by atoms with Crippen LogP contribution in [0.5, 0.6) is 5.75 Å². The maximum atomic E-state index is 13.0. The molecular weight excluding hydrogens is 500 g/mol. The number of carboxylic acid groups (broad SMARTS) is 1. The first-order valence-corrected chi connectivity index (χ1v) is 12.6. The van der Waals surface area contributed by atoms with E-state index in [9.17, 15) is 24.6 Å².